The minimum atomic E-state index is -0.213. The van der Waals surface area contributed by atoms with E-state index in [-0.39, 0.29) is 18.1 Å². The second kappa shape index (κ2) is 3.01. The number of fused-ring (bicyclic) bond motifs is 1. The summed E-state index contributed by atoms with van der Waals surface area (Å²) in [5.74, 6) is -0.239. The third kappa shape index (κ3) is 1.59. The SMILES string of the molecule is O=C1CC(=O)Nc2ccccc2C1. The van der Waals surface area contributed by atoms with Crippen molar-refractivity contribution in [2.75, 3.05) is 5.32 Å². The Hall–Kier alpha value is -1.64. The standard InChI is InChI=1S/C10H9NO2/c12-8-5-7-3-1-2-4-9(7)11-10(13)6-8/h1-4H,5-6H2,(H,11,13). The van der Waals surface area contributed by atoms with Crippen LogP contribution < -0.4 is 5.32 Å². The molecule has 0 saturated carbocycles. The van der Waals surface area contributed by atoms with Gasteiger partial charge in [0.15, 0.2) is 0 Å². The minimum Gasteiger partial charge on any atom is -0.325 e. The molecule has 1 heterocycles. The Morgan fingerprint density at radius 2 is 1.85 bits per heavy atom. The van der Waals surface area contributed by atoms with Gasteiger partial charge in [-0.15, -0.1) is 0 Å². The predicted octanol–water partition coefficient (Wildman–Crippen LogP) is 1.14. The van der Waals surface area contributed by atoms with E-state index in [1.165, 1.54) is 0 Å². The summed E-state index contributed by atoms with van der Waals surface area (Å²) >= 11 is 0. The van der Waals surface area contributed by atoms with E-state index in [9.17, 15) is 9.59 Å². The average molecular weight is 175 g/mol. The zero-order valence-electron chi connectivity index (χ0n) is 7.04. The third-order valence-electron chi connectivity index (χ3n) is 2.04. The summed E-state index contributed by atoms with van der Waals surface area (Å²) in [6.45, 7) is 0. The Labute approximate surface area is 75.8 Å². The summed E-state index contributed by atoms with van der Waals surface area (Å²) in [6.07, 6.45) is 0.351. The third-order valence-corrected chi connectivity index (χ3v) is 2.04. The van der Waals surface area contributed by atoms with Crippen molar-refractivity contribution in [2.45, 2.75) is 12.8 Å². The number of hydrogen-bond donors (Lipinski definition) is 1. The van der Waals surface area contributed by atoms with Gasteiger partial charge >= 0.3 is 0 Å². The van der Waals surface area contributed by atoms with Crippen LogP contribution in [0.5, 0.6) is 0 Å². The molecule has 0 radical (unpaired) electrons. The normalized spacial score (nSPS) is 16.0. The van der Waals surface area contributed by atoms with Crippen molar-refractivity contribution in [3.63, 3.8) is 0 Å². The first-order chi connectivity index (χ1) is 6.25. The molecule has 66 valence electrons. The number of rotatable bonds is 0. The smallest absolute Gasteiger partial charge is 0.231 e. The molecule has 0 atom stereocenters. The average Bonchev–Trinajstić information content (AvgIpc) is 2.20. The first-order valence-electron chi connectivity index (χ1n) is 4.15. The maximum Gasteiger partial charge on any atom is 0.231 e. The maximum absolute atomic E-state index is 11.2. The lowest BCUT2D eigenvalue weighted by Crippen LogP contribution is -2.12. The van der Waals surface area contributed by atoms with Gasteiger partial charge in [0.2, 0.25) is 5.91 Å². The summed E-state index contributed by atoms with van der Waals surface area (Å²) in [5, 5.41) is 2.69. The second-order valence-corrected chi connectivity index (χ2v) is 3.10. The van der Waals surface area contributed by atoms with Gasteiger partial charge in [0, 0.05) is 12.1 Å². The fraction of sp³-hybridized carbons (Fsp3) is 0.200. The monoisotopic (exact) mass is 175 g/mol. The van der Waals surface area contributed by atoms with E-state index < -0.39 is 0 Å². The van der Waals surface area contributed by atoms with Crippen molar-refractivity contribution in [1.29, 1.82) is 0 Å². The summed E-state index contributed by atoms with van der Waals surface area (Å²) in [7, 11) is 0. The van der Waals surface area contributed by atoms with Gasteiger partial charge in [-0.1, -0.05) is 18.2 Å². The van der Waals surface area contributed by atoms with Gasteiger partial charge in [0.25, 0.3) is 0 Å². The van der Waals surface area contributed by atoms with Crippen molar-refractivity contribution in [1.82, 2.24) is 0 Å². The van der Waals surface area contributed by atoms with Gasteiger partial charge < -0.3 is 5.32 Å². The molecule has 1 aliphatic rings. The van der Waals surface area contributed by atoms with Gasteiger partial charge in [0.05, 0.1) is 6.42 Å². The molecule has 1 amide bonds. The van der Waals surface area contributed by atoms with Crippen LogP contribution in [-0.4, -0.2) is 11.7 Å². The number of carbonyl (C=O) groups is 2. The first kappa shape index (κ1) is 7.98. The number of hydrogen-bond acceptors (Lipinski definition) is 2. The fourth-order valence-electron chi connectivity index (χ4n) is 1.44. The van der Waals surface area contributed by atoms with Crippen LogP contribution >= 0.6 is 0 Å². The van der Waals surface area contributed by atoms with E-state index in [0.717, 1.165) is 11.3 Å². The highest BCUT2D eigenvalue weighted by molar-refractivity contribution is 6.07. The summed E-state index contributed by atoms with van der Waals surface area (Å²) in [4.78, 5) is 22.3. The minimum absolute atomic E-state index is 0.00528. The Bertz CT molecular complexity index is 336. The van der Waals surface area contributed by atoms with Crippen LogP contribution in [0.4, 0.5) is 5.69 Å². The molecule has 3 heteroatoms. The molecular formula is C10H9NO2. The van der Waals surface area contributed by atoms with E-state index >= 15 is 0 Å². The molecule has 3 nitrogen and oxygen atoms in total. The lowest BCUT2D eigenvalue weighted by atomic mass is 10.1. The van der Waals surface area contributed by atoms with Crippen molar-refractivity contribution in [3.05, 3.63) is 29.8 Å². The Balaban J connectivity index is 2.43. The highest BCUT2D eigenvalue weighted by Gasteiger charge is 2.17. The van der Waals surface area contributed by atoms with Gasteiger partial charge in [-0.3, -0.25) is 9.59 Å². The Kier molecular flexibility index (Phi) is 1.85. The van der Waals surface area contributed by atoms with Crippen LogP contribution in [0.3, 0.4) is 0 Å². The molecule has 0 bridgehead atoms. The zero-order valence-corrected chi connectivity index (χ0v) is 7.04. The fourth-order valence-corrected chi connectivity index (χ4v) is 1.44. The summed E-state index contributed by atoms with van der Waals surface area (Å²) in [6, 6.07) is 7.38. The number of carbonyl (C=O) groups excluding carboxylic acids is 2. The quantitative estimate of drug-likeness (QED) is 0.601. The Morgan fingerprint density at radius 3 is 2.69 bits per heavy atom. The molecular weight excluding hydrogens is 166 g/mol. The van der Waals surface area contributed by atoms with Crippen LogP contribution in [0.2, 0.25) is 0 Å². The lowest BCUT2D eigenvalue weighted by molar-refractivity contribution is -0.124. The molecule has 1 N–H and O–H groups in total. The van der Waals surface area contributed by atoms with Crippen LogP contribution in [0, 0.1) is 0 Å². The topological polar surface area (TPSA) is 46.2 Å². The van der Waals surface area contributed by atoms with Crippen molar-refractivity contribution in [2.24, 2.45) is 0 Å². The lowest BCUT2D eigenvalue weighted by Gasteiger charge is -2.03. The Morgan fingerprint density at radius 1 is 1.08 bits per heavy atom. The first-order valence-corrected chi connectivity index (χ1v) is 4.15. The molecule has 0 unspecified atom stereocenters. The highest BCUT2D eigenvalue weighted by Crippen LogP contribution is 2.19. The number of benzene rings is 1. The van der Waals surface area contributed by atoms with Gasteiger partial charge in [-0.2, -0.15) is 0 Å². The maximum atomic E-state index is 11.2. The molecule has 0 aliphatic carbocycles. The molecule has 0 fully saturated rings. The molecule has 0 aromatic heterocycles. The van der Waals surface area contributed by atoms with E-state index in [1.807, 2.05) is 24.3 Å². The van der Waals surface area contributed by atoms with E-state index in [0.29, 0.717) is 6.42 Å². The summed E-state index contributed by atoms with van der Waals surface area (Å²) in [5.41, 5.74) is 1.66. The van der Waals surface area contributed by atoms with Crippen LogP contribution in [0.1, 0.15) is 12.0 Å². The molecule has 1 aromatic carbocycles. The van der Waals surface area contributed by atoms with Crippen molar-refractivity contribution in [3.8, 4) is 0 Å². The largest absolute Gasteiger partial charge is 0.325 e. The van der Waals surface area contributed by atoms with Crippen molar-refractivity contribution >= 4 is 17.4 Å². The molecule has 1 aromatic rings. The predicted molar refractivity (Wildman–Crippen MR) is 48.4 cm³/mol. The van der Waals surface area contributed by atoms with Gasteiger partial charge in [-0.05, 0) is 11.6 Å². The highest BCUT2D eigenvalue weighted by atomic mass is 16.2. The molecule has 0 saturated heterocycles. The number of para-hydroxylation sites is 1. The number of ketones is 1. The number of Topliss-reactive ketones (excluding diaryl/α,β-unsaturated/α-hetero) is 1. The number of anilines is 1. The molecule has 13 heavy (non-hydrogen) atoms. The molecule has 0 spiro atoms. The van der Waals surface area contributed by atoms with E-state index in [4.69, 9.17) is 0 Å². The zero-order chi connectivity index (χ0) is 9.26. The summed E-state index contributed by atoms with van der Waals surface area (Å²) < 4.78 is 0. The van der Waals surface area contributed by atoms with Crippen LogP contribution in [-0.2, 0) is 16.0 Å². The van der Waals surface area contributed by atoms with Gasteiger partial charge in [0.1, 0.15) is 5.78 Å². The van der Waals surface area contributed by atoms with E-state index in [1.54, 1.807) is 0 Å². The molecule has 2 rings (SSSR count). The molecule has 1 aliphatic heterocycles. The second-order valence-electron chi connectivity index (χ2n) is 3.10. The van der Waals surface area contributed by atoms with E-state index in [2.05, 4.69) is 5.32 Å². The van der Waals surface area contributed by atoms with Crippen LogP contribution in [0.25, 0.3) is 0 Å². The number of nitrogens with one attached hydrogen (secondary N) is 1. The number of amides is 1. The van der Waals surface area contributed by atoms with Crippen molar-refractivity contribution < 1.29 is 9.59 Å². The van der Waals surface area contributed by atoms with Gasteiger partial charge in [-0.25, -0.2) is 0 Å². The van der Waals surface area contributed by atoms with Crippen LogP contribution in [0.15, 0.2) is 24.3 Å².